The normalized spacial score (nSPS) is 24.1. The van der Waals surface area contributed by atoms with Crippen molar-refractivity contribution in [2.45, 2.75) is 135 Å². The van der Waals surface area contributed by atoms with E-state index in [0.29, 0.717) is 60.7 Å². The van der Waals surface area contributed by atoms with Crippen LogP contribution in [0.2, 0.25) is 0 Å². The van der Waals surface area contributed by atoms with Gasteiger partial charge in [0.05, 0.1) is 17.6 Å². The SMILES string of the molecule is Cc1cc(N(C)C(N)=O)cc(C)c1/C=C/S(=O)(=O)N1CCC2(CC1)N=C(C1CCC(C(F)(F)F)CC1)NC2=O.Cc1cc(N(C)C(N)=O)cc(C)c1CCS(=O)(=O)N1CCC2(CC1)N=C(C1CCC(C(F)(F)F)CC1)NC2=O. The first-order valence-electron chi connectivity index (χ1n) is 26.2. The number of sulfonamides is 2. The third-order valence-electron chi connectivity index (χ3n) is 16.7. The lowest BCUT2D eigenvalue weighted by Gasteiger charge is -2.35. The van der Waals surface area contributed by atoms with Crippen molar-refractivity contribution in [3.05, 3.63) is 63.1 Å². The van der Waals surface area contributed by atoms with Crippen molar-refractivity contribution >= 4 is 73.0 Å². The lowest BCUT2D eigenvalue weighted by Crippen LogP contribution is -2.51. The highest BCUT2D eigenvalue weighted by Crippen LogP contribution is 2.43. The number of primary amides is 2. The molecule has 18 nitrogen and oxygen atoms in total. The number of anilines is 2. The number of benzene rings is 2. The number of urea groups is 2. The van der Waals surface area contributed by atoms with Crippen LogP contribution in [-0.4, -0.2) is 130 Å². The summed E-state index contributed by atoms with van der Waals surface area (Å²) in [5.41, 5.74) is 14.6. The molecule has 4 aliphatic heterocycles. The van der Waals surface area contributed by atoms with E-state index in [-0.39, 0.29) is 107 Å². The fourth-order valence-electron chi connectivity index (χ4n) is 11.6. The Morgan fingerprint density at radius 1 is 0.641 bits per heavy atom. The van der Waals surface area contributed by atoms with Crippen LogP contribution >= 0.6 is 0 Å². The molecule has 2 saturated carbocycles. The topological polar surface area (TPSA) is 250 Å². The van der Waals surface area contributed by atoms with Crippen molar-refractivity contribution < 1.29 is 62.4 Å². The van der Waals surface area contributed by atoms with Crippen molar-refractivity contribution in [3.8, 4) is 0 Å². The summed E-state index contributed by atoms with van der Waals surface area (Å²) < 4.78 is 133. The number of nitrogens with one attached hydrogen (secondary N) is 2. The van der Waals surface area contributed by atoms with Gasteiger partial charge >= 0.3 is 24.4 Å². The molecule has 0 bridgehead atoms. The largest absolute Gasteiger partial charge is 0.391 e. The van der Waals surface area contributed by atoms with Crippen molar-refractivity contribution in [3.63, 3.8) is 0 Å². The van der Waals surface area contributed by atoms with E-state index in [1.54, 1.807) is 38.4 Å². The molecule has 6 aliphatic rings. The zero-order chi connectivity index (χ0) is 57.5. The van der Waals surface area contributed by atoms with Gasteiger partial charge in [-0.2, -0.15) is 30.6 Å². The average molecular weight is 1140 g/mol. The molecule has 0 atom stereocenters. The summed E-state index contributed by atoms with van der Waals surface area (Å²) in [6, 6.07) is 5.90. The van der Waals surface area contributed by atoms with Gasteiger partial charge in [-0.3, -0.25) is 29.4 Å². The zero-order valence-corrected chi connectivity index (χ0v) is 46.3. The first kappa shape index (κ1) is 60.0. The Hall–Kier alpha value is -5.60. The number of nitrogens with zero attached hydrogens (tertiary/aromatic N) is 6. The van der Waals surface area contributed by atoms with Crippen LogP contribution in [0, 0.1) is 51.4 Å². The Labute approximate surface area is 451 Å². The Bertz CT molecular complexity index is 2920. The fraction of sp³-hybridized carbons (Fsp3) is 0.615. The highest BCUT2D eigenvalue weighted by atomic mass is 32.2. The monoisotopic (exact) mass is 1140 g/mol. The van der Waals surface area contributed by atoms with Gasteiger partial charge in [-0.15, -0.1) is 0 Å². The highest BCUT2D eigenvalue weighted by Gasteiger charge is 2.51. The van der Waals surface area contributed by atoms with Crippen LogP contribution in [0.25, 0.3) is 6.08 Å². The number of piperidine rings is 2. The van der Waals surface area contributed by atoms with Crippen LogP contribution in [0.5, 0.6) is 0 Å². The number of amidine groups is 2. The second-order valence-electron chi connectivity index (χ2n) is 21.7. The number of alkyl halides is 6. The molecule has 6 amide bonds. The molecule has 430 valence electrons. The second kappa shape index (κ2) is 22.9. The number of nitrogens with two attached hydrogens (primary N) is 2. The third kappa shape index (κ3) is 13.2. The van der Waals surface area contributed by atoms with Gasteiger partial charge in [0.2, 0.25) is 20.0 Å². The minimum Gasteiger partial charge on any atom is -0.351 e. The highest BCUT2D eigenvalue weighted by molar-refractivity contribution is 7.92. The molecule has 0 radical (unpaired) electrons. The molecule has 6 N–H and O–H groups in total. The van der Waals surface area contributed by atoms with Crippen LogP contribution in [0.3, 0.4) is 0 Å². The molecule has 4 heterocycles. The number of hydrogen-bond donors (Lipinski definition) is 4. The maximum atomic E-state index is 13.2. The van der Waals surface area contributed by atoms with Crippen LogP contribution in [0.1, 0.15) is 110 Å². The van der Waals surface area contributed by atoms with E-state index in [0.717, 1.165) is 33.2 Å². The van der Waals surface area contributed by atoms with E-state index < -0.39 is 67.4 Å². The van der Waals surface area contributed by atoms with E-state index in [1.807, 2.05) is 27.7 Å². The summed E-state index contributed by atoms with van der Waals surface area (Å²) in [5.74, 6) is -2.88. The van der Waals surface area contributed by atoms with Crippen molar-refractivity contribution in [1.82, 2.24) is 19.2 Å². The van der Waals surface area contributed by atoms with Gasteiger partial charge in [-0.25, -0.2) is 30.7 Å². The maximum absolute atomic E-state index is 13.2. The van der Waals surface area contributed by atoms with Gasteiger partial charge in [0.15, 0.2) is 0 Å². The Morgan fingerprint density at radius 3 is 1.36 bits per heavy atom. The Kier molecular flexibility index (Phi) is 17.6. The molecular weight excluding hydrogens is 1070 g/mol. The number of carbonyl (C=O) groups excluding carboxylic acids is 4. The molecule has 0 aromatic heterocycles. The third-order valence-corrected chi connectivity index (χ3v) is 20.2. The van der Waals surface area contributed by atoms with Crippen LogP contribution in [-0.2, 0) is 36.1 Å². The fourth-order valence-corrected chi connectivity index (χ4v) is 14.2. The average Bonchev–Trinajstić information content (AvgIpc) is 3.86. The van der Waals surface area contributed by atoms with Crippen LogP contribution in [0.15, 0.2) is 39.7 Å². The standard InChI is InChI=1S/C26H36F3N5O4S.C26H34F3N5O4S/c2*1-16-14-20(33(3)24(30)36)15-17(2)21(16)8-13-39(37,38)34-11-9-25(10-12-34)23(35)31-22(32-25)18-4-6-19(7-5-18)26(27,28)29/h14-15,18-19H,4-13H2,1-3H3,(H2,30,36)(H,31,32,35);8,13-15,18-19H,4-7,9-12H2,1-3H3,(H2,30,36)(H,31,32,35)/b;13-8+. The summed E-state index contributed by atoms with van der Waals surface area (Å²) in [7, 11) is -4.28. The molecule has 4 fully saturated rings. The summed E-state index contributed by atoms with van der Waals surface area (Å²) >= 11 is 0. The first-order chi connectivity index (χ1) is 36.3. The van der Waals surface area contributed by atoms with E-state index >= 15 is 0 Å². The molecule has 2 saturated heterocycles. The molecule has 8 rings (SSSR count). The van der Waals surface area contributed by atoms with Gasteiger partial charge in [0.1, 0.15) is 22.7 Å². The summed E-state index contributed by atoms with van der Waals surface area (Å²) in [6.45, 7) is 7.83. The number of halogens is 6. The van der Waals surface area contributed by atoms with Gasteiger partial charge in [0, 0.05) is 68.9 Å². The second-order valence-corrected chi connectivity index (χ2v) is 25.6. The molecule has 26 heteroatoms. The van der Waals surface area contributed by atoms with Gasteiger partial charge in [-0.05, 0) is 175 Å². The summed E-state index contributed by atoms with van der Waals surface area (Å²) in [5, 5.41) is 6.72. The molecule has 0 unspecified atom stereocenters. The smallest absolute Gasteiger partial charge is 0.351 e. The van der Waals surface area contributed by atoms with Crippen molar-refractivity contribution in [2.24, 2.45) is 45.1 Å². The number of rotatable bonds is 11. The van der Waals surface area contributed by atoms with E-state index in [9.17, 15) is 62.4 Å². The predicted molar refractivity (Wildman–Crippen MR) is 284 cm³/mol. The predicted octanol–water partition coefficient (Wildman–Crippen LogP) is 7.27. The number of aliphatic imine (C=N–C) groups is 2. The Balaban J connectivity index is 0.000000226. The van der Waals surface area contributed by atoms with E-state index in [2.05, 4.69) is 20.6 Å². The van der Waals surface area contributed by atoms with Gasteiger partial charge < -0.3 is 22.1 Å². The first-order valence-corrected chi connectivity index (χ1v) is 29.3. The van der Waals surface area contributed by atoms with Gasteiger partial charge in [0.25, 0.3) is 11.8 Å². The zero-order valence-electron chi connectivity index (χ0n) is 44.7. The lowest BCUT2D eigenvalue weighted by molar-refractivity contribution is -0.183. The molecule has 2 aliphatic carbocycles. The number of hydrogen-bond acceptors (Lipinski definition) is 10. The maximum Gasteiger partial charge on any atom is 0.391 e. The van der Waals surface area contributed by atoms with Crippen molar-refractivity contribution in [1.29, 1.82) is 0 Å². The lowest BCUT2D eigenvalue weighted by atomic mass is 9.81. The van der Waals surface area contributed by atoms with E-state index in [4.69, 9.17) is 11.5 Å². The van der Waals surface area contributed by atoms with Crippen LogP contribution in [0.4, 0.5) is 47.3 Å². The number of amides is 6. The Morgan fingerprint density at radius 2 is 1.00 bits per heavy atom. The quantitative estimate of drug-likeness (QED) is 0.166. The summed E-state index contributed by atoms with van der Waals surface area (Å²) in [4.78, 5) is 60.6. The van der Waals surface area contributed by atoms with E-state index in [1.165, 1.54) is 24.5 Å². The van der Waals surface area contributed by atoms with Crippen LogP contribution < -0.4 is 31.9 Å². The minimum absolute atomic E-state index is 0.0118. The summed E-state index contributed by atoms with van der Waals surface area (Å²) in [6.07, 6.45) is -4.43. The van der Waals surface area contributed by atoms with Gasteiger partial charge in [-0.1, -0.05) is 0 Å². The molecule has 2 aromatic rings. The number of carbonyl (C=O) groups is 4. The molecule has 2 aromatic carbocycles. The number of aryl methyl sites for hydroxylation is 4. The molecule has 78 heavy (non-hydrogen) atoms. The minimum atomic E-state index is -4.21. The van der Waals surface area contributed by atoms with Crippen molar-refractivity contribution in [2.75, 3.05) is 55.8 Å². The molecular formula is C52H70F6N10O8S2. The molecule has 2 spiro atoms.